The summed E-state index contributed by atoms with van der Waals surface area (Å²) in [6.45, 7) is 4.00. The molecule has 152 valence electrons. The summed E-state index contributed by atoms with van der Waals surface area (Å²) in [6.07, 6.45) is 0.287. The van der Waals surface area contributed by atoms with Crippen LogP contribution < -0.4 is 15.0 Å². The molecule has 1 N–H and O–H groups in total. The zero-order valence-electron chi connectivity index (χ0n) is 16.0. The van der Waals surface area contributed by atoms with E-state index in [0.29, 0.717) is 25.4 Å². The van der Waals surface area contributed by atoms with Crippen molar-refractivity contribution in [3.05, 3.63) is 52.8 Å². The van der Waals surface area contributed by atoms with Crippen molar-refractivity contribution in [1.29, 1.82) is 0 Å². The van der Waals surface area contributed by atoms with Gasteiger partial charge in [0.25, 0.3) is 0 Å². The zero-order chi connectivity index (χ0) is 20.5. The molecule has 0 radical (unpaired) electrons. The van der Waals surface area contributed by atoms with E-state index in [1.54, 1.807) is 18.2 Å². The van der Waals surface area contributed by atoms with E-state index in [9.17, 15) is 14.0 Å². The monoisotopic (exact) mass is 417 g/mol. The van der Waals surface area contributed by atoms with Crippen LogP contribution in [-0.4, -0.2) is 49.0 Å². The van der Waals surface area contributed by atoms with E-state index in [1.165, 1.54) is 6.07 Å². The molecule has 29 heavy (non-hydrogen) atoms. The van der Waals surface area contributed by atoms with E-state index in [2.05, 4.69) is 10.2 Å². The second-order valence-electron chi connectivity index (χ2n) is 7.31. The van der Waals surface area contributed by atoms with Crippen molar-refractivity contribution in [2.45, 2.75) is 19.4 Å². The van der Waals surface area contributed by atoms with Crippen molar-refractivity contribution >= 4 is 34.9 Å². The summed E-state index contributed by atoms with van der Waals surface area (Å²) in [5.41, 5.74) is 2.44. The number of esters is 1. The van der Waals surface area contributed by atoms with Gasteiger partial charge in [-0.05, 0) is 31.2 Å². The van der Waals surface area contributed by atoms with E-state index >= 15 is 0 Å². The lowest BCUT2D eigenvalue weighted by Gasteiger charge is -2.41. The standard InChI is InChI=1S/C21H21ClFN3O3/c1-13-12-25(16-4-5-18(23)17(22)10-16)6-7-26(13)20(27)11-24-15-3-2-14-8-21(28)29-19(14)9-15/h2-5,9-10,13,24H,6-8,11-12H2,1H3/t13-/m1/s1. The van der Waals surface area contributed by atoms with Crippen molar-refractivity contribution in [2.24, 2.45) is 0 Å². The number of ether oxygens (including phenoxy) is 1. The Morgan fingerprint density at radius 3 is 2.86 bits per heavy atom. The van der Waals surface area contributed by atoms with Crippen LogP contribution in [-0.2, 0) is 16.0 Å². The van der Waals surface area contributed by atoms with Crippen molar-refractivity contribution in [2.75, 3.05) is 36.4 Å². The van der Waals surface area contributed by atoms with E-state index < -0.39 is 5.82 Å². The maximum atomic E-state index is 13.4. The number of fused-ring (bicyclic) bond motifs is 1. The van der Waals surface area contributed by atoms with Crippen LogP contribution in [0.4, 0.5) is 15.8 Å². The number of nitrogens with one attached hydrogen (secondary N) is 1. The molecule has 8 heteroatoms. The van der Waals surface area contributed by atoms with Crippen LogP contribution in [0.25, 0.3) is 0 Å². The Labute approximate surface area is 173 Å². The summed E-state index contributed by atoms with van der Waals surface area (Å²) in [7, 11) is 0. The minimum absolute atomic E-state index is 0.00264. The number of carbonyl (C=O) groups excluding carboxylic acids is 2. The van der Waals surface area contributed by atoms with Gasteiger partial charge in [0.05, 0.1) is 18.0 Å². The highest BCUT2D eigenvalue weighted by Crippen LogP contribution is 2.29. The molecule has 4 rings (SSSR count). The SMILES string of the molecule is C[C@@H]1CN(c2ccc(F)c(Cl)c2)CCN1C(=O)CNc1ccc2c(c1)OC(=O)C2. The van der Waals surface area contributed by atoms with Gasteiger partial charge in [0, 0.05) is 48.7 Å². The lowest BCUT2D eigenvalue weighted by atomic mass is 10.1. The van der Waals surface area contributed by atoms with Gasteiger partial charge in [-0.15, -0.1) is 0 Å². The molecule has 2 aromatic rings. The van der Waals surface area contributed by atoms with Crippen LogP contribution >= 0.6 is 11.6 Å². The van der Waals surface area contributed by atoms with Gasteiger partial charge in [0.2, 0.25) is 5.91 Å². The van der Waals surface area contributed by atoms with Gasteiger partial charge in [-0.3, -0.25) is 9.59 Å². The van der Waals surface area contributed by atoms with Crippen LogP contribution in [0.2, 0.25) is 5.02 Å². The molecule has 6 nitrogen and oxygen atoms in total. The van der Waals surface area contributed by atoms with Gasteiger partial charge in [-0.1, -0.05) is 17.7 Å². The molecule has 1 fully saturated rings. The minimum atomic E-state index is -0.440. The van der Waals surface area contributed by atoms with Gasteiger partial charge in [-0.25, -0.2) is 4.39 Å². The molecule has 0 aromatic heterocycles. The fourth-order valence-corrected chi connectivity index (χ4v) is 3.92. The third-order valence-electron chi connectivity index (χ3n) is 5.29. The van der Waals surface area contributed by atoms with E-state index in [-0.39, 0.29) is 35.9 Å². The normalized spacial score (nSPS) is 18.4. The highest BCUT2D eigenvalue weighted by atomic mass is 35.5. The predicted octanol–water partition coefficient (Wildman–Crippen LogP) is 3.09. The first-order valence-corrected chi connectivity index (χ1v) is 9.85. The summed E-state index contributed by atoms with van der Waals surface area (Å²) in [6, 6.07) is 10.1. The topological polar surface area (TPSA) is 61.9 Å². The van der Waals surface area contributed by atoms with Gasteiger partial charge in [0.1, 0.15) is 11.6 Å². The largest absolute Gasteiger partial charge is 0.426 e. The summed E-state index contributed by atoms with van der Waals surface area (Å²) in [5, 5.41) is 3.20. The van der Waals surface area contributed by atoms with Crippen molar-refractivity contribution in [3.63, 3.8) is 0 Å². The first kappa shape index (κ1) is 19.5. The molecule has 2 aliphatic rings. The molecule has 1 amide bonds. The quantitative estimate of drug-likeness (QED) is 0.612. The maximum Gasteiger partial charge on any atom is 0.315 e. The highest BCUT2D eigenvalue weighted by Gasteiger charge is 2.28. The first-order valence-electron chi connectivity index (χ1n) is 9.47. The van der Waals surface area contributed by atoms with Crippen molar-refractivity contribution < 1.29 is 18.7 Å². The lowest BCUT2D eigenvalue weighted by molar-refractivity contribution is -0.132. The number of nitrogens with zero attached hydrogens (tertiary/aromatic N) is 2. The molecule has 1 atom stereocenters. The van der Waals surface area contributed by atoms with Crippen LogP contribution in [0.3, 0.4) is 0 Å². The molecule has 2 heterocycles. The number of piperazine rings is 1. The van der Waals surface area contributed by atoms with Gasteiger partial charge in [0.15, 0.2) is 0 Å². The molecule has 1 saturated heterocycles. The fraction of sp³-hybridized carbons (Fsp3) is 0.333. The first-order chi connectivity index (χ1) is 13.9. The number of hydrogen-bond acceptors (Lipinski definition) is 5. The second-order valence-corrected chi connectivity index (χ2v) is 7.71. The smallest absolute Gasteiger partial charge is 0.315 e. The number of anilines is 2. The summed E-state index contributed by atoms with van der Waals surface area (Å²) < 4.78 is 18.5. The molecule has 0 saturated carbocycles. The zero-order valence-corrected chi connectivity index (χ0v) is 16.7. The molecule has 0 spiro atoms. The summed E-state index contributed by atoms with van der Waals surface area (Å²) in [4.78, 5) is 28.0. The lowest BCUT2D eigenvalue weighted by Crippen LogP contribution is -2.55. The Kier molecular flexibility index (Phi) is 5.32. The molecule has 0 unspecified atom stereocenters. The van der Waals surface area contributed by atoms with Gasteiger partial charge < -0.3 is 19.9 Å². The molecular formula is C21H21ClFN3O3. The molecule has 0 bridgehead atoms. The molecule has 0 aliphatic carbocycles. The third kappa shape index (κ3) is 4.15. The highest BCUT2D eigenvalue weighted by molar-refractivity contribution is 6.31. The molecular weight excluding hydrogens is 397 g/mol. The van der Waals surface area contributed by atoms with Crippen LogP contribution in [0.5, 0.6) is 5.75 Å². The fourth-order valence-electron chi connectivity index (χ4n) is 3.74. The summed E-state index contributed by atoms with van der Waals surface area (Å²) >= 11 is 5.89. The van der Waals surface area contributed by atoms with Crippen LogP contribution in [0, 0.1) is 5.82 Å². The Hall–Kier alpha value is -2.80. The number of halogens is 2. The van der Waals surface area contributed by atoms with E-state index in [0.717, 1.165) is 16.9 Å². The predicted molar refractivity (Wildman–Crippen MR) is 109 cm³/mol. The Morgan fingerprint density at radius 1 is 1.28 bits per heavy atom. The number of carbonyl (C=O) groups is 2. The third-order valence-corrected chi connectivity index (χ3v) is 5.58. The Morgan fingerprint density at radius 2 is 2.10 bits per heavy atom. The Bertz CT molecular complexity index is 968. The molecule has 2 aromatic carbocycles. The van der Waals surface area contributed by atoms with Crippen molar-refractivity contribution in [1.82, 2.24) is 4.90 Å². The molecule has 2 aliphatic heterocycles. The number of benzene rings is 2. The average molecular weight is 418 g/mol. The van der Waals surface area contributed by atoms with Crippen LogP contribution in [0.15, 0.2) is 36.4 Å². The summed E-state index contributed by atoms with van der Waals surface area (Å²) in [5.74, 6) is -0.161. The number of amides is 1. The van der Waals surface area contributed by atoms with E-state index in [1.807, 2.05) is 24.0 Å². The average Bonchev–Trinajstić information content (AvgIpc) is 3.07. The van der Waals surface area contributed by atoms with E-state index in [4.69, 9.17) is 16.3 Å². The number of rotatable bonds is 4. The van der Waals surface area contributed by atoms with Crippen molar-refractivity contribution in [3.8, 4) is 5.75 Å². The Balaban J connectivity index is 1.34. The van der Waals surface area contributed by atoms with Gasteiger partial charge in [-0.2, -0.15) is 0 Å². The van der Waals surface area contributed by atoms with Crippen LogP contribution in [0.1, 0.15) is 12.5 Å². The minimum Gasteiger partial charge on any atom is -0.426 e. The number of hydrogen-bond donors (Lipinski definition) is 1. The van der Waals surface area contributed by atoms with Gasteiger partial charge >= 0.3 is 5.97 Å². The second kappa shape index (κ2) is 7.91. The maximum absolute atomic E-state index is 13.4.